The van der Waals surface area contributed by atoms with Gasteiger partial charge >= 0.3 is 0 Å². The zero-order valence-electron chi connectivity index (χ0n) is 23.6. The number of hydrogen-bond donors (Lipinski definition) is 1. The van der Waals surface area contributed by atoms with E-state index in [4.69, 9.17) is 0 Å². The van der Waals surface area contributed by atoms with Gasteiger partial charge in [0.2, 0.25) is 0 Å². The van der Waals surface area contributed by atoms with Gasteiger partial charge in [-0.3, -0.25) is 9.69 Å². The van der Waals surface area contributed by atoms with Crippen LogP contribution in [0.4, 0.5) is 5.69 Å². The molecule has 5 heteroatoms. The average molecular weight is 568 g/mol. The van der Waals surface area contributed by atoms with E-state index >= 15 is 0 Å². The van der Waals surface area contributed by atoms with Crippen LogP contribution in [0.25, 0.3) is 49.7 Å². The maximum atomic E-state index is 14.4. The number of anilines is 1. The first kappa shape index (κ1) is 25.7. The number of aromatic nitrogens is 1. The summed E-state index contributed by atoms with van der Waals surface area (Å²) in [6.45, 7) is 0. The van der Waals surface area contributed by atoms with Crippen LogP contribution in [0.2, 0.25) is 0 Å². The Morgan fingerprint density at radius 3 is 2.16 bits per heavy atom. The van der Waals surface area contributed by atoms with Crippen LogP contribution in [0.15, 0.2) is 140 Å². The molecule has 1 unspecified atom stereocenters. The van der Waals surface area contributed by atoms with Gasteiger partial charge < -0.3 is 9.67 Å². The smallest absolute Gasteiger partial charge is 0.263 e. The van der Waals surface area contributed by atoms with Gasteiger partial charge in [-0.05, 0) is 59.2 Å². The van der Waals surface area contributed by atoms with Crippen molar-refractivity contribution in [1.82, 2.24) is 4.57 Å². The minimum atomic E-state index is -1.13. The lowest BCUT2D eigenvalue weighted by Crippen LogP contribution is -2.28. The third kappa shape index (κ3) is 3.86. The maximum Gasteiger partial charge on any atom is 0.263 e. The molecular weight excluding hydrogens is 542 g/mol. The number of carbonyl (C=O) groups excluding carboxylic acids is 1. The number of aliphatic hydroxyl groups excluding tert-OH is 1. The largest absolute Gasteiger partial charge is 0.369 e. The van der Waals surface area contributed by atoms with Crippen LogP contribution in [0, 0.1) is 11.3 Å². The van der Waals surface area contributed by atoms with Crippen molar-refractivity contribution in [2.24, 2.45) is 0 Å². The molecule has 5 nitrogen and oxygen atoms in total. The fraction of sp³-hybridized carbons (Fsp3) is 0.0256. The van der Waals surface area contributed by atoms with Crippen LogP contribution in [0.5, 0.6) is 0 Å². The number of nitriles is 1. The second kappa shape index (κ2) is 10.1. The predicted octanol–water partition coefficient (Wildman–Crippen LogP) is 8.64. The minimum Gasteiger partial charge on any atom is -0.369 e. The summed E-state index contributed by atoms with van der Waals surface area (Å²) >= 11 is 0. The van der Waals surface area contributed by atoms with Gasteiger partial charge in [0.15, 0.2) is 6.23 Å². The van der Waals surface area contributed by atoms with Crippen LogP contribution < -0.4 is 4.90 Å². The lowest BCUT2D eigenvalue weighted by atomic mass is 10.0. The highest BCUT2D eigenvalue weighted by Crippen LogP contribution is 2.44. The van der Waals surface area contributed by atoms with E-state index < -0.39 is 6.23 Å². The summed E-state index contributed by atoms with van der Waals surface area (Å²) in [5.74, 6) is -0.248. The monoisotopic (exact) mass is 567 g/mol. The van der Waals surface area contributed by atoms with Crippen LogP contribution in [-0.4, -0.2) is 15.6 Å². The molecule has 0 spiro atoms. The molecule has 208 valence electrons. The summed E-state index contributed by atoms with van der Waals surface area (Å²) in [6.07, 6.45) is -1.13. The number of aliphatic hydroxyl groups is 1. The van der Waals surface area contributed by atoms with Crippen molar-refractivity contribution in [3.63, 3.8) is 0 Å². The lowest BCUT2D eigenvalue weighted by Gasteiger charge is -2.24. The zero-order valence-corrected chi connectivity index (χ0v) is 23.6. The Bertz CT molecular complexity index is 2300. The molecular formula is C39H25N3O2. The van der Waals surface area contributed by atoms with Crippen molar-refractivity contribution in [3.05, 3.63) is 156 Å². The summed E-state index contributed by atoms with van der Waals surface area (Å²) in [4.78, 5) is 15.9. The van der Waals surface area contributed by atoms with Crippen molar-refractivity contribution in [1.29, 1.82) is 5.26 Å². The second-order valence-corrected chi connectivity index (χ2v) is 11.0. The Balaban J connectivity index is 1.32. The number of rotatable bonds is 4. The quantitative estimate of drug-likeness (QED) is 0.231. The topological polar surface area (TPSA) is 69.3 Å². The Morgan fingerprint density at radius 2 is 1.30 bits per heavy atom. The zero-order chi connectivity index (χ0) is 29.8. The molecule has 1 aromatic heterocycles. The molecule has 0 saturated carbocycles. The van der Waals surface area contributed by atoms with Gasteiger partial charge in [0.25, 0.3) is 5.91 Å². The highest BCUT2D eigenvalue weighted by molar-refractivity contribution is 6.16. The van der Waals surface area contributed by atoms with Crippen molar-refractivity contribution >= 4 is 33.4 Å². The molecule has 0 fully saturated rings. The summed E-state index contributed by atoms with van der Waals surface area (Å²) in [7, 11) is 0. The maximum absolute atomic E-state index is 14.4. The standard InChI is InChI=1S/C39H25N3O2/c40-24-25-10-8-13-27(22-25)28-20-21-35-32(23-28)30-15-5-7-18-34(30)41(35)36-19-9-16-31-37(36)39(44)42(38(31)43)33-17-6-4-14-29(33)26-11-2-1-3-12-26/h1-23,38,43H. The first-order valence-corrected chi connectivity index (χ1v) is 14.5. The third-order valence-electron chi connectivity index (χ3n) is 8.52. The molecule has 0 radical (unpaired) electrons. The molecule has 7 aromatic rings. The molecule has 1 N–H and O–H groups in total. The molecule has 44 heavy (non-hydrogen) atoms. The summed E-state index contributed by atoms with van der Waals surface area (Å²) < 4.78 is 2.12. The van der Waals surface area contributed by atoms with Gasteiger partial charge in [0.05, 0.1) is 39.6 Å². The van der Waals surface area contributed by atoms with Crippen LogP contribution in [0.1, 0.15) is 27.7 Å². The van der Waals surface area contributed by atoms with Gasteiger partial charge in [0.1, 0.15) is 0 Å². The molecule has 6 aromatic carbocycles. The molecule has 0 bridgehead atoms. The Hall–Kier alpha value is -5.96. The van der Waals surface area contributed by atoms with Crippen LogP contribution in [0.3, 0.4) is 0 Å². The van der Waals surface area contributed by atoms with Crippen molar-refractivity contribution in [2.75, 3.05) is 4.90 Å². The van der Waals surface area contributed by atoms with Gasteiger partial charge in [-0.2, -0.15) is 5.26 Å². The first-order chi connectivity index (χ1) is 21.6. The highest BCUT2D eigenvalue weighted by Gasteiger charge is 2.40. The third-order valence-corrected chi connectivity index (χ3v) is 8.52. The lowest BCUT2D eigenvalue weighted by molar-refractivity contribution is 0.0935. The van der Waals surface area contributed by atoms with E-state index in [0.717, 1.165) is 49.7 Å². The Labute approximate surface area is 254 Å². The SMILES string of the molecule is N#Cc1cccc(-c2ccc3c(c2)c2ccccc2n3-c2cccc3c2C(=O)N(c2ccccc2-c2ccccc2)C3O)c1. The van der Waals surface area contributed by atoms with E-state index in [1.807, 2.05) is 103 Å². The van der Waals surface area contributed by atoms with E-state index in [-0.39, 0.29) is 5.91 Å². The number of para-hydroxylation sites is 2. The molecule has 1 aliphatic rings. The fourth-order valence-electron chi connectivity index (χ4n) is 6.53. The number of carbonyl (C=O) groups is 1. The second-order valence-electron chi connectivity index (χ2n) is 11.0. The number of benzene rings is 6. The van der Waals surface area contributed by atoms with E-state index in [9.17, 15) is 15.2 Å². The number of fused-ring (bicyclic) bond motifs is 4. The van der Waals surface area contributed by atoms with Crippen molar-refractivity contribution in [3.8, 4) is 34.0 Å². The summed E-state index contributed by atoms with van der Waals surface area (Å²) in [6, 6.07) is 47.6. The summed E-state index contributed by atoms with van der Waals surface area (Å²) in [5.41, 5.74) is 8.77. The molecule has 8 rings (SSSR count). The minimum absolute atomic E-state index is 0.248. The van der Waals surface area contributed by atoms with Crippen LogP contribution >= 0.6 is 0 Å². The predicted molar refractivity (Wildman–Crippen MR) is 175 cm³/mol. The van der Waals surface area contributed by atoms with Gasteiger partial charge in [-0.1, -0.05) is 97.1 Å². The Morgan fingerprint density at radius 1 is 0.614 bits per heavy atom. The highest BCUT2D eigenvalue weighted by atomic mass is 16.3. The number of amides is 1. The van der Waals surface area contributed by atoms with Gasteiger partial charge in [-0.25, -0.2) is 0 Å². The molecule has 0 aliphatic carbocycles. The van der Waals surface area contributed by atoms with Crippen LogP contribution in [-0.2, 0) is 0 Å². The van der Waals surface area contributed by atoms with Crippen molar-refractivity contribution < 1.29 is 9.90 Å². The fourth-order valence-corrected chi connectivity index (χ4v) is 6.53. The summed E-state index contributed by atoms with van der Waals surface area (Å²) in [5, 5.41) is 23.2. The van der Waals surface area contributed by atoms with Gasteiger partial charge in [-0.15, -0.1) is 0 Å². The molecule has 1 aliphatic heterocycles. The van der Waals surface area contributed by atoms with E-state index in [1.54, 1.807) is 6.07 Å². The number of hydrogen-bond acceptors (Lipinski definition) is 3. The Kier molecular flexibility index (Phi) is 5.90. The molecule has 0 saturated heterocycles. The van der Waals surface area contributed by atoms with Crippen molar-refractivity contribution in [2.45, 2.75) is 6.23 Å². The van der Waals surface area contributed by atoms with E-state index in [1.165, 1.54) is 4.90 Å². The van der Waals surface area contributed by atoms with E-state index in [0.29, 0.717) is 22.4 Å². The molecule has 1 atom stereocenters. The number of nitrogens with zero attached hydrogens (tertiary/aromatic N) is 3. The molecule has 2 heterocycles. The van der Waals surface area contributed by atoms with E-state index in [2.05, 4.69) is 41.0 Å². The average Bonchev–Trinajstić information content (AvgIpc) is 3.55. The normalized spacial score (nSPS) is 14.2. The first-order valence-electron chi connectivity index (χ1n) is 14.5. The van der Waals surface area contributed by atoms with Gasteiger partial charge in [0, 0.05) is 21.9 Å². The molecule has 1 amide bonds.